The molecule has 1 saturated heterocycles. The molecule has 0 bridgehead atoms. The zero-order valence-electron chi connectivity index (χ0n) is 12.7. The smallest absolute Gasteiger partial charge is 0.319 e. The summed E-state index contributed by atoms with van der Waals surface area (Å²) < 4.78 is 5.59. The maximum Gasteiger partial charge on any atom is 0.319 e. The number of urea groups is 1. The molecule has 0 radical (unpaired) electrons. The van der Waals surface area contributed by atoms with Gasteiger partial charge in [-0.05, 0) is 43.4 Å². The first-order valence-corrected chi connectivity index (χ1v) is 7.80. The lowest BCUT2D eigenvalue weighted by Crippen LogP contribution is -2.51. The van der Waals surface area contributed by atoms with Crippen LogP contribution in [-0.4, -0.2) is 23.2 Å². The van der Waals surface area contributed by atoms with Gasteiger partial charge in [0, 0.05) is 5.70 Å². The fraction of sp³-hybridized carbons (Fsp3) is 0.412. The van der Waals surface area contributed by atoms with Gasteiger partial charge in [0.15, 0.2) is 0 Å². The summed E-state index contributed by atoms with van der Waals surface area (Å²) in [5, 5.41) is 14.7. The third-order valence-electron chi connectivity index (χ3n) is 4.36. The zero-order chi connectivity index (χ0) is 16.4. The average molecular weight is 316 g/mol. The molecular formula is C17H20N2O4. The SMILES string of the molecule is C=C1NC(=O)NC(c2ccc(O)cc2)C1C(=O)OC1CCCC1. The maximum atomic E-state index is 12.6. The van der Waals surface area contributed by atoms with Gasteiger partial charge in [-0.1, -0.05) is 18.7 Å². The van der Waals surface area contributed by atoms with Crippen LogP contribution in [0.4, 0.5) is 4.79 Å². The number of hydrogen-bond donors (Lipinski definition) is 3. The van der Waals surface area contributed by atoms with Crippen LogP contribution in [0.1, 0.15) is 37.3 Å². The summed E-state index contributed by atoms with van der Waals surface area (Å²) in [6, 6.07) is 5.42. The van der Waals surface area contributed by atoms with Crippen molar-refractivity contribution in [3.8, 4) is 5.75 Å². The van der Waals surface area contributed by atoms with Crippen LogP contribution in [0.25, 0.3) is 0 Å². The molecule has 3 rings (SSSR count). The van der Waals surface area contributed by atoms with Gasteiger partial charge >= 0.3 is 12.0 Å². The number of carbonyl (C=O) groups excluding carboxylic acids is 2. The summed E-state index contributed by atoms with van der Waals surface area (Å²) in [5.74, 6) is -0.955. The number of ether oxygens (including phenoxy) is 1. The van der Waals surface area contributed by atoms with Crippen molar-refractivity contribution >= 4 is 12.0 Å². The van der Waals surface area contributed by atoms with Crippen molar-refractivity contribution < 1.29 is 19.4 Å². The van der Waals surface area contributed by atoms with Gasteiger partial charge in [-0.25, -0.2) is 4.79 Å². The maximum absolute atomic E-state index is 12.6. The van der Waals surface area contributed by atoms with Crippen LogP contribution in [0.5, 0.6) is 5.75 Å². The molecule has 122 valence electrons. The van der Waals surface area contributed by atoms with E-state index in [9.17, 15) is 14.7 Å². The lowest BCUT2D eigenvalue weighted by molar-refractivity contribution is -0.153. The monoisotopic (exact) mass is 316 g/mol. The molecule has 2 atom stereocenters. The summed E-state index contributed by atoms with van der Waals surface area (Å²) in [6.45, 7) is 3.81. The second-order valence-corrected chi connectivity index (χ2v) is 6.01. The summed E-state index contributed by atoms with van der Waals surface area (Å²) in [4.78, 5) is 24.4. The Balaban J connectivity index is 1.83. The molecule has 6 nitrogen and oxygen atoms in total. The van der Waals surface area contributed by atoms with Gasteiger partial charge in [-0.2, -0.15) is 0 Å². The number of phenolic OH excluding ortho intramolecular Hbond substituents is 1. The number of esters is 1. The zero-order valence-corrected chi connectivity index (χ0v) is 12.7. The van der Waals surface area contributed by atoms with Crippen molar-refractivity contribution in [2.24, 2.45) is 5.92 Å². The number of nitrogens with one attached hydrogen (secondary N) is 2. The van der Waals surface area contributed by atoms with Gasteiger partial charge in [0.1, 0.15) is 17.8 Å². The Bertz CT molecular complexity index is 620. The van der Waals surface area contributed by atoms with Crippen LogP contribution in [0.3, 0.4) is 0 Å². The molecular weight excluding hydrogens is 296 g/mol. The first-order valence-electron chi connectivity index (χ1n) is 7.80. The van der Waals surface area contributed by atoms with E-state index in [4.69, 9.17) is 4.74 Å². The van der Waals surface area contributed by atoms with E-state index >= 15 is 0 Å². The van der Waals surface area contributed by atoms with Crippen molar-refractivity contribution in [1.82, 2.24) is 10.6 Å². The predicted octanol–water partition coefficient (Wildman–Crippen LogP) is 2.36. The standard InChI is InChI=1S/C17H20N2O4/c1-10-14(16(21)23-13-4-2-3-5-13)15(19-17(22)18-10)11-6-8-12(20)9-7-11/h6-9,13-15,20H,1-5H2,(H2,18,19,22). The quantitative estimate of drug-likeness (QED) is 0.747. The van der Waals surface area contributed by atoms with Crippen LogP contribution in [0.15, 0.2) is 36.5 Å². The molecule has 1 heterocycles. The first kappa shape index (κ1) is 15.4. The van der Waals surface area contributed by atoms with E-state index in [-0.39, 0.29) is 17.8 Å². The van der Waals surface area contributed by atoms with Crippen molar-refractivity contribution in [1.29, 1.82) is 0 Å². The number of benzene rings is 1. The molecule has 1 aromatic carbocycles. The Kier molecular flexibility index (Phi) is 4.23. The minimum absolute atomic E-state index is 0.0478. The topological polar surface area (TPSA) is 87.7 Å². The summed E-state index contributed by atoms with van der Waals surface area (Å²) in [5.41, 5.74) is 1.04. The number of aromatic hydroxyl groups is 1. The van der Waals surface area contributed by atoms with E-state index in [1.54, 1.807) is 12.1 Å². The number of phenols is 1. The predicted molar refractivity (Wildman–Crippen MR) is 83.5 cm³/mol. The van der Waals surface area contributed by atoms with Gasteiger partial charge in [0.25, 0.3) is 0 Å². The largest absolute Gasteiger partial charge is 0.508 e. The minimum atomic E-state index is -0.696. The average Bonchev–Trinajstić information content (AvgIpc) is 3.00. The summed E-state index contributed by atoms with van der Waals surface area (Å²) >= 11 is 0. The van der Waals surface area contributed by atoms with Crippen LogP contribution in [0, 0.1) is 5.92 Å². The molecule has 1 saturated carbocycles. The minimum Gasteiger partial charge on any atom is -0.508 e. The molecule has 2 aliphatic rings. The van der Waals surface area contributed by atoms with Gasteiger partial charge in [0.05, 0.1) is 6.04 Å². The van der Waals surface area contributed by atoms with Crippen LogP contribution >= 0.6 is 0 Å². The number of amides is 2. The Labute approximate surface area is 134 Å². The van der Waals surface area contributed by atoms with Crippen molar-refractivity contribution in [3.63, 3.8) is 0 Å². The molecule has 2 amide bonds. The normalized spacial score (nSPS) is 24.9. The number of hydrogen-bond acceptors (Lipinski definition) is 4. The van der Waals surface area contributed by atoms with Gasteiger partial charge < -0.3 is 20.5 Å². The molecule has 2 unspecified atom stereocenters. The second kappa shape index (κ2) is 6.32. The number of rotatable bonds is 3. The number of carbonyl (C=O) groups is 2. The Hall–Kier alpha value is -2.50. The molecule has 1 aromatic rings. The molecule has 0 spiro atoms. The Morgan fingerprint density at radius 1 is 1.22 bits per heavy atom. The highest BCUT2D eigenvalue weighted by molar-refractivity contribution is 5.85. The molecule has 1 aliphatic carbocycles. The summed E-state index contributed by atoms with van der Waals surface area (Å²) in [6.07, 6.45) is 3.86. The van der Waals surface area contributed by atoms with Gasteiger partial charge in [0.2, 0.25) is 0 Å². The van der Waals surface area contributed by atoms with Crippen molar-refractivity contribution in [2.45, 2.75) is 37.8 Å². The van der Waals surface area contributed by atoms with Gasteiger partial charge in [-0.15, -0.1) is 0 Å². The fourth-order valence-electron chi connectivity index (χ4n) is 3.16. The molecule has 2 fully saturated rings. The Morgan fingerprint density at radius 2 is 1.87 bits per heavy atom. The van der Waals surface area contributed by atoms with E-state index in [2.05, 4.69) is 17.2 Å². The van der Waals surface area contributed by atoms with Crippen molar-refractivity contribution in [3.05, 3.63) is 42.1 Å². The third kappa shape index (κ3) is 3.31. The van der Waals surface area contributed by atoms with Crippen LogP contribution in [-0.2, 0) is 9.53 Å². The molecule has 0 aromatic heterocycles. The third-order valence-corrected chi connectivity index (χ3v) is 4.36. The van der Waals surface area contributed by atoms with E-state index in [1.165, 1.54) is 12.1 Å². The van der Waals surface area contributed by atoms with E-state index < -0.39 is 18.0 Å². The van der Waals surface area contributed by atoms with Gasteiger partial charge in [-0.3, -0.25) is 4.79 Å². The molecule has 1 aliphatic heterocycles. The molecule has 6 heteroatoms. The van der Waals surface area contributed by atoms with E-state index in [1.807, 2.05) is 0 Å². The summed E-state index contributed by atoms with van der Waals surface area (Å²) in [7, 11) is 0. The second-order valence-electron chi connectivity index (χ2n) is 6.01. The highest BCUT2D eigenvalue weighted by Crippen LogP contribution is 2.32. The highest BCUT2D eigenvalue weighted by Gasteiger charge is 2.39. The first-order chi connectivity index (χ1) is 11.0. The van der Waals surface area contributed by atoms with E-state index in [0.29, 0.717) is 11.3 Å². The molecule has 23 heavy (non-hydrogen) atoms. The highest BCUT2D eigenvalue weighted by atomic mass is 16.5. The lowest BCUT2D eigenvalue weighted by atomic mass is 9.89. The van der Waals surface area contributed by atoms with Crippen LogP contribution < -0.4 is 10.6 Å². The van der Waals surface area contributed by atoms with E-state index in [0.717, 1.165) is 25.7 Å². The lowest BCUT2D eigenvalue weighted by Gasteiger charge is -2.33. The Morgan fingerprint density at radius 3 is 2.52 bits per heavy atom. The van der Waals surface area contributed by atoms with Crippen molar-refractivity contribution in [2.75, 3.05) is 0 Å². The van der Waals surface area contributed by atoms with Crippen LogP contribution in [0.2, 0.25) is 0 Å². The fourth-order valence-corrected chi connectivity index (χ4v) is 3.16. The molecule has 3 N–H and O–H groups in total.